The number of nitrogens with zero attached hydrogens (tertiary/aromatic N) is 2. The lowest BCUT2D eigenvalue weighted by Crippen LogP contribution is -2.24. The van der Waals surface area contributed by atoms with E-state index in [1.54, 1.807) is 0 Å². The molecule has 17 heavy (non-hydrogen) atoms. The van der Waals surface area contributed by atoms with Crippen LogP contribution in [-0.2, 0) is 12.8 Å². The van der Waals surface area contributed by atoms with Crippen molar-refractivity contribution < 1.29 is 4.52 Å². The lowest BCUT2D eigenvalue weighted by Gasteiger charge is -2.24. The summed E-state index contributed by atoms with van der Waals surface area (Å²) in [7, 11) is 1.95. The summed E-state index contributed by atoms with van der Waals surface area (Å²) in [5.41, 5.74) is 0. The van der Waals surface area contributed by atoms with Crippen molar-refractivity contribution in [2.24, 2.45) is 5.92 Å². The molecular weight excluding hydrogens is 238 g/mol. The van der Waals surface area contributed by atoms with E-state index in [-0.39, 0.29) is 12.4 Å². The molecule has 1 N–H and O–H groups in total. The van der Waals surface area contributed by atoms with Crippen molar-refractivity contribution in [2.75, 3.05) is 7.05 Å². The number of aromatic nitrogens is 2. The Morgan fingerprint density at radius 1 is 1.47 bits per heavy atom. The molecule has 0 bridgehead atoms. The van der Waals surface area contributed by atoms with E-state index in [1.165, 1.54) is 25.7 Å². The van der Waals surface area contributed by atoms with Gasteiger partial charge in [0.1, 0.15) is 0 Å². The summed E-state index contributed by atoms with van der Waals surface area (Å²) in [6, 6.07) is 0.400. The van der Waals surface area contributed by atoms with Gasteiger partial charge in [-0.15, -0.1) is 12.4 Å². The minimum Gasteiger partial charge on any atom is -0.339 e. The van der Waals surface area contributed by atoms with Crippen LogP contribution < -0.4 is 5.32 Å². The van der Waals surface area contributed by atoms with E-state index in [4.69, 9.17) is 4.52 Å². The highest BCUT2D eigenvalue weighted by Crippen LogP contribution is 2.30. The van der Waals surface area contributed by atoms with Gasteiger partial charge in [-0.3, -0.25) is 0 Å². The maximum atomic E-state index is 5.24. The summed E-state index contributed by atoms with van der Waals surface area (Å²) in [4.78, 5) is 4.41. The van der Waals surface area contributed by atoms with Gasteiger partial charge in [-0.05, 0) is 26.3 Å². The van der Waals surface area contributed by atoms with Crippen LogP contribution in [0.1, 0.15) is 44.3 Å². The second kappa shape index (κ2) is 6.97. The minimum absolute atomic E-state index is 0. The van der Waals surface area contributed by atoms with Crippen molar-refractivity contribution in [3.8, 4) is 0 Å². The number of aryl methyl sites for hydroxylation is 1. The molecule has 1 unspecified atom stereocenters. The van der Waals surface area contributed by atoms with Crippen LogP contribution in [-0.4, -0.2) is 23.2 Å². The summed E-state index contributed by atoms with van der Waals surface area (Å²) in [5.74, 6) is 2.54. The molecule has 5 heteroatoms. The van der Waals surface area contributed by atoms with Gasteiger partial charge in [-0.25, -0.2) is 0 Å². The highest BCUT2D eigenvalue weighted by molar-refractivity contribution is 5.85. The van der Waals surface area contributed by atoms with Crippen LogP contribution in [0.2, 0.25) is 0 Å². The van der Waals surface area contributed by atoms with Crippen LogP contribution in [0.15, 0.2) is 4.52 Å². The number of halogens is 1. The summed E-state index contributed by atoms with van der Waals surface area (Å²) >= 11 is 0. The van der Waals surface area contributed by atoms with E-state index in [0.717, 1.165) is 30.5 Å². The zero-order valence-electron chi connectivity index (χ0n) is 10.6. The summed E-state index contributed by atoms with van der Waals surface area (Å²) < 4.78 is 5.24. The molecule has 0 radical (unpaired) electrons. The SMILES string of the molecule is CNC(C)Cc1noc(CCC2CCC2)n1.Cl. The van der Waals surface area contributed by atoms with Crippen molar-refractivity contribution >= 4 is 12.4 Å². The fourth-order valence-corrected chi connectivity index (χ4v) is 1.96. The van der Waals surface area contributed by atoms with Gasteiger partial charge in [-0.2, -0.15) is 4.98 Å². The Balaban J connectivity index is 0.00000144. The Morgan fingerprint density at radius 2 is 2.24 bits per heavy atom. The third kappa shape index (κ3) is 4.28. The van der Waals surface area contributed by atoms with Gasteiger partial charge in [0.15, 0.2) is 5.82 Å². The molecule has 1 fully saturated rings. The number of hydrogen-bond acceptors (Lipinski definition) is 4. The molecule has 0 aliphatic heterocycles. The van der Waals surface area contributed by atoms with E-state index in [2.05, 4.69) is 22.4 Å². The first kappa shape index (κ1) is 14.5. The van der Waals surface area contributed by atoms with Crippen LogP contribution in [0, 0.1) is 5.92 Å². The second-order valence-electron chi connectivity index (χ2n) is 4.83. The van der Waals surface area contributed by atoms with Crippen LogP contribution in [0.25, 0.3) is 0 Å². The number of nitrogens with one attached hydrogen (secondary N) is 1. The molecule has 98 valence electrons. The monoisotopic (exact) mass is 259 g/mol. The van der Waals surface area contributed by atoms with E-state index in [9.17, 15) is 0 Å². The average Bonchev–Trinajstić information content (AvgIpc) is 2.63. The van der Waals surface area contributed by atoms with Gasteiger partial charge >= 0.3 is 0 Å². The first-order chi connectivity index (χ1) is 7.78. The Bertz CT molecular complexity index is 325. The van der Waals surface area contributed by atoms with Crippen molar-refractivity contribution in [2.45, 2.75) is 51.5 Å². The lowest BCUT2D eigenvalue weighted by molar-refractivity contribution is 0.280. The maximum absolute atomic E-state index is 5.24. The molecule has 0 aromatic carbocycles. The van der Waals surface area contributed by atoms with Crippen LogP contribution >= 0.6 is 12.4 Å². The minimum atomic E-state index is 0. The number of hydrogen-bond donors (Lipinski definition) is 1. The van der Waals surface area contributed by atoms with Gasteiger partial charge in [0, 0.05) is 18.9 Å². The highest BCUT2D eigenvalue weighted by Gasteiger charge is 2.18. The normalized spacial score (nSPS) is 17.3. The van der Waals surface area contributed by atoms with Crippen molar-refractivity contribution in [1.82, 2.24) is 15.5 Å². The highest BCUT2D eigenvalue weighted by atomic mass is 35.5. The summed E-state index contributed by atoms with van der Waals surface area (Å²) in [6.07, 6.45) is 7.17. The molecule has 1 saturated carbocycles. The molecule has 0 saturated heterocycles. The molecule has 1 atom stereocenters. The largest absolute Gasteiger partial charge is 0.339 e. The Labute approximate surface area is 109 Å². The van der Waals surface area contributed by atoms with Crippen LogP contribution in [0.4, 0.5) is 0 Å². The van der Waals surface area contributed by atoms with E-state index >= 15 is 0 Å². The van der Waals surface area contributed by atoms with Crippen molar-refractivity contribution in [3.05, 3.63) is 11.7 Å². The summed E-state index contributed by atoms with van der Waals surface area (Å²) in [6.45, 7) is 2.12. The van der Waals surface area contributed by atoms with Crippen LogP contribution in [0.5, 0.6) is 0 Å². The third-order valence-corrected chi connectivity index (χ3v) is 3.48. The molecule has 1 aromatic rings. The topological polar surface area (TPSA) is 51.0 Å². The Kier molecular flexibility index (Phi) is 5.92. The zero-order chi connectivity index (χ0) is 11.4. The van der Waals surface area contributed by atoms with Gasteiger partial charge in [-0.1, -0.05) is 24.4 Å². The van der Waals surface area contributed by atoms with Gasteiger partial charge in [0.05, 0.1) is 0 Å². The second-order valence-corrected chi connectivity index (χ2v) is 4.83. The van der Waals surface area contributed by atoms with Gasteiger partial charge in [0.2, 0.25) is 5.89 Å². The molecule has 2 rings (SSSR count). The fraction of sp³-hybridized carbons (Fsp3) is 0.833. The zero-order valence-corrected chi connectivity index (χ0v) is 11.4. The van der Waals surface area contributed by atoms with Crippen LogP contribution in [0.3, 0.4) is 0 Å². The third-order valence-electron chi connectivity index (χ3n) is 3.48. The predicted octanol–water partition coefficient (Wildman–Crippen LogP) is 2.37. The quantitative estimate of drug-likeness (QED) is 0.852. The standard InChI is InChI=1S/C12H21N3O.ClH/c1-9(13-2)8-11-14-12(16-15-11)7-6-10-4-3-5-10;/h9-10,13H,3-8H2,1-2H3;1H. The molecule has 0 spiro atoms. The summed E-state index contributed by atoms with van der Waals surface area (Å²) in [5, 5.41) is 7.17. The number of likely N-dealkylation sites (N-methyl/N-ethyl adjacent to an activating group) is 1. The molecule has 4 nitrogen and oxygen atoms in total. The van der Waals surface area contributed by atoms with E-state index in [1.807, 2.05) is 7.05 Å². The van der Waals surface area contributed by atoms with E-state index in [0.29, 0.717) is 6.04 Å². The molecule has 1 aliphatic rings. The van der Waals surface area contributed by atoms with Gasteiger partial charge < -0.3 is 9.84 Å². The first-order valence-corrected chi connectivity index (χ1v) is 6.26. The fourth-order valence-electron chi connectivity index (χ4n) is 1.96. The van der Waals surface area contributed by atoms with Gasteiger partial charge in [0.25, 0.3) is 0 Å². The molecule has 1 aliphatic carbocycles. The average molecular weight is 260 g/mol. The lowest BCUT2D eigenvalue weighted by atomic mass is 9.82. The van der Waals surface area contributed by atoms with Crippen molar-refractivity contribution in [3.63, 3.8) is 0 Å². The number of rotatable bonds is 6. The molecule has 1 aromatic heterocycles. The first-order valence-electron chi connectivity index (χ1n) is 6.26. The predicted molar refractivity (Wildman–Crippen MR) is 69.4 cm³/mol. The molecular formula is C12H22ClN3O. The maximum Gasteiger partial charge on any atom is 0.226 e. The smallest absolute Gasteiger partial charge is 0.226 e. The molecule has 0 amide bonds. The van der Waals surface area contributed by atoms with E-state index < -0.39 is 0 Å². The molecule has 1 heterocycles. The Morgan fingerprint density at radius 3 is 2.82 bits per heavy atom. The Hall–Kier alpha value is -0.610. The van der Waals surface area contributed by atoms with Crippen molar-refractivity contribution in [1.29, 1.82) is 0 Å².